The smallest absolute Gasteiger partial charge is 0.421 e. The second-order valence-electron chi connectivity index (χ2n) is 12.6. The van der Waals surface area contributed by atoms with Crippen LogP contribution in [0.25, 0.3) is 0 Å². The Bertz CT molecular complexity index is 1440. The van der Waals surface area contributed by atoms with E-state index in [1.165, 1.54) is 24.3 Å². The predicted molar refractivity (Wildman–Crippen MR) is 157 cm³/mol. The van der Waals surface area contributed by atoms with Gasteiger partial charge in [0.15, 0.2) is 0 Å². The van der Waals surface area contributed by atoms with Crippen LogP contribution in [-0.4, -0.2) is 61.4 Å². The molecule has 12 heteroatoms. The molecule has 2 aliphatic rings. The lowest BCUT2D eigenvalue weighted by molar-refractivity contribution is -0.152. The maximum atomic E-state index is 15.0. The molecule has 0 aliphatic carbocycles. The van der Waals surface area contributed by atoms with Crippen molar-refractivity contribution in [1.29, 1.82) is 0 Å². The van der Waals surface area contributed by atoms with Gasteiger partial charge in [-0.3, -0.25) is 19.2 Å². The number of nitrogens with zero attached hydrogens (tertiary/aromatic N) is 2. The summed E-state index contributed by atoms with van der Waals surface area (Å²) in [4.78, 5) is 85.3. The minimum Gasteiger partial charge on any atom is -0.469 e. The molecule has 0 unspecified atom stereocenters. The van der Waals surface area contributed by atoms with E-state index in [-0.39, 0.29) is 22.5 Å². The van der Waals surface area contributed by atoms with E-state index >= 15 is 0 Å². The number of para-hydroxylation sites is 2. The zero-order chi connectivity index (χ0) is 32.8. The van der Waals surface area contributed by atoms with Crippen molar-refractivity contribution in [2.45, 2.75) is 76.4 Å². The van der Waals surface area contributed by atoms with Gasteiger partial charge in [0.25, 0.3) is 0 Å². The monoisotopic (exact) mass is 608 g/mol. The maximum absolute atomic E-state index is 15.0. The number of ether oxygens (including phenoxy) is 4. The number of imide groups is 2. The summed E-state index contributed by atoms with van der Waals surface area (Å²) in [6.07, 6.45) is -3.68. The fraction of sp³-hybridized carbons (Fsp3) is 0.438. The number of rotatable bonds is 5. The average molecular weight is 609 g/mol. The van der Waals surface area contributed by atoms with Crippen molar-refractivity contribution in [1.82, 2.24) is 0 Å². The van der Waals surface area contributed by atoms with E-state index in [1.54, 1.807) is 65.8 Å². The first-order valence-electron chi connectivity index (χ1n) is 13.9. The lowest BCUT2D eigenvalue weighted by Crippen LogP contribution is -2.62. The molecule has 4 rings (SSSR count). The van der Waals surface area contributed by atoms with Gasteiger partial charge in [0.2, 0.25) is 11.8 Å². The normalized spacial score (nSPS) is 21.0. The second kappa shape index (κ2) is 11.1. The highest BCUT2D eigenvalue weighted by atomic mass is 16.6. The standard InChI is InChI=1S/C32H36N2O10/c1-29(2,3)43-27(39)33-21-15-11-9-13-19(21)31(25(33)37,17-23(35)41-7)32(18-24(36)42-8)20-14-10-12-16-22(20)34(26(32)38)28(40)44-30(4,5)6/h9-16H,17-18H2,1-8H3/t31-,32-/m1/s1. The van der Waals surface area contributed by atoms with E-state index in [1.807, 2.05) is 0 Å². The lowest BCUT2D eigenvalue weighted by Gasteiger charge is -2.43. The second-order valence-corrected chi connectivity index (χ2v) is 12.6. The van der Waals surface area contributed by atoms with Gasteiger partial charge in [0.1, 0.15) is 22.0 Å². The van der Waals surface area contributed by atoms with Gasteiger partial charge in [-0.25, -0.2) is 19.4 Å². The van der Waals surface area contributed by atoms with Crippen molar-refractivity contribution in [3.8, 4) is 0 Å². The summed E-state index contributed by atoms with van der Waals surface area (Å²) in [5.74, 6) is -3.86. The molecule has 0 radical (unpaired) electrons. The van der Waals surface area contributed by atoms with Crippen LogP contribution in [0.5, 0.6) is 0 Å². The number of amides is 4. The number of hydrogen-bond acceptors (Lipinski definition) is 10. The average Bonchev–Trinajstić information content (AvgIpc) is 3.33. The van der Waals surface area contributed by atoms with E-state index in [9.17, 15) is 28.8 Å². The maximum Gasteiger partial charge on any atom is 0.421 e. The van der Waals surface area contributed by atoms with Crippen molar-refractivity contribution >= 4 is 47.3 Å². The third kappa shape index (κ3) is 5.07. The highest BCUT2D eigenvalue weighted by Crippen LogP contribution is 2.61. The molecule has 2 aliphatic heterocycles. The van der Waals surface area contributed by atoms with Crippen LogP contribution < -0.4 is 9.80 Å². The molecule has 0 bridgehead atoms. The number of carbonyl (C=O) groups is 6. The van der Waals surface area contributed by atoms with E-state index in [2.05, 4.69) is 0 Å². The number of hydrogen-bond donors (Lipinski definition) is 0. The Kier molecular flexibility index (Phi) is 8.10. The van der Waals surface area contributed by atoms with Crippen LogP contribution in [0.1, 0.15) is 65.5 Å². The third-order valence-corrected chi connectivity index (χ3v) is 7.50. The third-order valence-electron chi connectivity index (χ3n) is 7.50. The SMILES string of the molecule is COC(=O)C[C@]1([C@@]2(CC(=O)OC)C(=O)N(C(=O)OC(C)(C)C)c3ccccc32)C(=O)N(C(=O)OC(C)(C)C)c2ccccc21. The lowest BCUT2D eigenvalue weighted by atomic mass is 9.54. The summed E-state index contributed by atoms with van der Waals surface area (Å²) in [6, 6.07) is 12.2. The van der Waals surface area contributed by atoms with E-state index < -0.39 is 70.8 Å². The molecule has 234 valence electrons. The molecule has 2 aromatic rings. The number of fused-ring (bicyclic) bond motifs is 2. The summed E-state index contributed by atoms with van der Waals surface area (Å²) < 4.78 is 21.2. The fourth-order valence-corrected chi connectivity index (χ4v) is 5.91. The zero-order valence-corrected chi connectivity index (χ0v) is 26.0. The van der Waals surface area contributed by atoms with Crippen molar-refractivity contribution in [3.63, 3.8) is 0 Å². The van der Waals surface area contributed by atoms with Gasteiger partial charge in [-0.2, -0.15) is 0 Å². The quantitative estimate of drug-likeness (QED) is 0.350. The molecule has 2 aromatic carbocycles. The zero-order valence-electron chi connectivity index (χ0n) is 26.0. The molecule has 0 N–H and O–H groups in total. The molecular weight excluding hydrogens is 572 g/mol. The van der Waals surface area contributed by atoms with Gasteiger partial charge in [-0.05, 0) is 64.8 Å². The number of methoxy groups -OCH3 is 2. The molecule has 0 fully saturated rings. The molecule has 0 spiro atoms. The molecule has 4 amide bonds. The summed E-state index contributed by atoms with van der Waals surface area (Å²) >= 11 is 0. The van der Waals surface area contributed by atoms with Crippen molar-refractivity contribution in [3.05, 3.63) is 59.7 Å². The van der Waals surface area contributed by atoms with Gasteiger partial charge in [-0.1, -0.05) is 36.4 Å². The molecule has 12 nitrogen and oxygen atoms in total. The predicted octanol–water partition coefficient (Wildman–Crippen LogP) is 4.55. The van der Waals surface area contributed by atoms with E-state index in [0.717, 1.165) is 24.0 Å². The van der Waals surface area contributed by atoms with Crippen LogP contribution in [-0.2, 0) is 49.0 Å². The van der Waals surface area contributed by atoms with E-state index in [4.69, 9.17) is 18.9 Å². The van der Waals surface area contributed by atoms with Crippen LogP contribution >= 0.6 is 0 Å². The summed E-state index contributed by atoms with van der Waals surface area (Å²) in [5.41, 5.74) is -6.36. The van der Waals surface area contributed by atoms with E-state index in [0.29, 0.717) is 0 Å². The first kappa shape index (κ1) is 32.2. The Morgan fingerprint density at radius 3 is 1.23 bits per heavy atom. The first-order valence-corrected chi connectivity index (χ1v) is 13.9. The number of esters is 2. The molecule has 44 heavy (non-hydrogen) atoms. The molecule has 0 saturated heterocycles. The van der Waals surface area contributed by atoms with Crippen LogP contribution in [0.15, 0.2) is 48.5 Å². The van der Waals surface area contributed by atoms with Crippen LogP contribution in [0.2, 0.25) is 0 Å². The van der Waals surface area contributed by atoms with Crippen molar-refractivity contribution in [2.75, 3.05) is 24.0 Å². The number of benzene rings is 2. The minimum atomic E-state index is -2.29. The topological polar surface area (TPSA) is 146 Å². The van der Waals surface area contributed by atoms with Crippen molar-refractivity contribution < 1.29 is 47.7 Å². The van der Waals surface area contributed by atoms with Gasteiger partial charge in [0, 0.05) is 0 Å². The Hall–Kier alpha value is -4.74. The number of anilines is 2. The van der Waals surface area contributed by atoms with Crippen LogP contribution in [0.3, 0.4) is 0 Å². The first-order chi connectivity index (χ1) is 20.4. The Labute approximate surface area is 255 Å². The Morgan fingerprint density at radius 1 is 0.614 bits per heavy atom. The summed E-state index contributed by atoms with van der Waals surface area (Å²) in [7, 11) is 2.22. The minimum absolute atomic E-state index is 0.0425. The largest absolute Gasteiger partial charge is 0.469 e. The van der Waals surface area contributed by atoms with Gasteiger partial charge in [-0.15, -0.1) is 0 Å². The van der Waals surface area contributed by atoms with Gasteiger partial charge < -0.3 is 18.9 Å². The fourth-order valence-electron chi connectivity index (χ4n) is 5.91. The highest BCUT2D eigenvalue weighted by Gasteiger charge is 2.73. The van der Waals surface area contributed by atoms with Gasteiger partial charge >= 0.3 is 24.1 Å². The molecule has 0 saturated carbocycles. The molecule has 0 aromatic heterocycles. The summed E-state index contributed by atoms with van der Waals surface area (Å²) in [6.45, 7) is 9.71. The molecule has 2 atom stereocenters. The van der Waals surface area contributed by atoms with Crippen molar-refractivity contribution in [2.24, 2.45) is 0 Å². The summed E-state index contributed by atoms with van der Waals surface area (Å²) in [5, 5.41) is 0. The van der Waals surface area contributed by atoms with Crippen LogP contribution in [0, 0.1) is 0 Å². The Balaban J connectivity index is 2.13. The van der Waals surface area contributed by atoms with Gasteiger partial charge in [0.05, 0.1) is 38.4 Å². The molecule has 2 heterocycles. The Morgan fingerprint density at radius 2 is 0.932 bits per heavy atom. The molecular formula is C32H36N2O10. The highest BCUT2D eigenvalue weighted by molar-refractivity contribution is 6.30. The van der Waals surface area contributed by atoms with Crippen LogP contribution in [0.4, 0.5) is 21.0 Å². The number of carbonyl (C=O) groups excluding carboxylic acids is 6.